The Labute approximate surface area is 145 Å². The normalized spacial score (nSPS) is 23.0. The number of carbonyl (C=O) groups excluding carboxylic acids is 1. The molecule has 0 bridgehead atoms. The van der Waals surface area contributed by atoms with Crippen molar-refractivity contribution in [2.45, 2.75) is 25.3 Å². The zero-order valence-corrected chi connectivity index (χ0v) is 14.1. The standard InChI is InChI=1S/C17H16N6O2/c1-12(24)23(22(2)3)15-7-13(14-5-4-6-25-14)16(8-18,9-19)17(15,10-20)11-21/h4-6,13,15H,7H2,1-3H3. The van der Waals surface area contributed by atoms with Crippen molar-refractivity contribution < 1.29 is 9.21 Å². The van der Waals surface area contributed by atoms with Crippen LogP contribution in [0, 0.1) is 56.2 Å². The lowest BCUT2D eigenvalue weighted by molar-refractivity contribution is -0.150. The molecule has 126 valence electrons. The summed E-state index contributed by atoms with van der Waals surface area (Å²) in [4.78, 5) is 12.1. The maximum absolute atomic E-state index is 12.1. The summed E-state index contributed by atoms with van der Waals surface area (Å²) in [7, 11) is 3.20. The number of rotatable bonds is 3. The van der Waals surface area contributed by atoms with E-state index >= 15 is 0 Å². The van der Waals surface area contributed by atoms with Crippen molar-refractivity contribution in [1.29, 1.82) is 21.0 Å². The van der Waals surface area contributed by atoms with Gasteiger partial charge in [0.2, 0.25) is 5.91 Å². The molecule has 0 radical (unpaired) electrons. The third-order valence-corrected chi connectivity index (χ3v) is 4.74. The van der Waals surface area contributed by atoms with Crippen molar-refractivity contribution in [1.82, 2.24) is 10.0 Å². The lowest BCUT2D eigenvalue weighted by Gasteiger charge is -2.39. The summed E-state index contributed by atoms with van der Waals surface area (Å²) in [6, 6.07) is 9.81. The minimum absolute atomic E-state index is 0.0769. The van der Waals surface area contributed by atoms with Crippen molar-refractivity contribution in [2.75, 3.05) is 14.1 Å². The van der Waals surface area contributed by atoms with Crippen LogP contribution in [-0.4, -0.2) is 36.1 Å². The van der Waals surface area contributed by atoms with Gasteiger partial charge in [0.1, 0.15) is 5.76 Å². The van der Waals surface area contributed by atoms with Gasteiger partial charge < -0.3 is 4.42 Å². The van der Waals surface area contributed by atoms with Crippen molar-refractivity contribution in [3.8, 4) is 24.3 Å². The van der Waals surface area contributed by atoms with E-state index in [4.69, 9.17) is 4.42 Å². The maximum Gasteiger partial charge on any atom is 0.234 e. The van der Waals surface area contributed by atoms with Crippen LogP contribution < -0.4 is 0 Å². The Balaban J connectivity index is 2.78. The monoisotopic (exact) mass is 336 g/mol. The number of nitrogens with zero attached hydrogens (tertiary/aromatic N) is 6. The second-order valence-electron chi connectivity index (χ2n) is 6.09. The molecule has 0 N–H and O–H groups in total. The molecule has 0 aliphatic heterocycles. The Morgan fingerprint density at radius 2 is 1.72 bits per heavy atom. The molecular weight excluding hydrogens is 320 g/mol. The molecule has 2 atom stereocenters. The molecule has 8 heteroatoms. The molecule has 1 aromatic rings. The molecule has 0 spiro atoms. The Hall–Kier alpha value is -3.33. The van der Waals surface area contributed by atoms with Crippen LogP contribution in [0.3, 0.4) is 0 Å². The molecule has 8 nitrogen and oxygen atoms in total. The average molecular weight is 336 g/mol. The third-order valence-electron chi connectivity index (χ3n) is 4.74. The minimum Gasteiger partial charge on any atom is -0.469 e. The van der Waals surface area contributed by atoms with Gasteiger partial charge >= 0.3 is 0 Å². The highest BCUT2D eigenvalue weighted by atomic mass is 16.3. The van der Waals surface area contributed by atoms with Gasteiger partial charge in [-0.2, -0.15) is 21.0 Å². The van der Waals surface area contributed by atoms with E-state index in [9.17, 15) is 25.8 Å². The molecule has 2 rings (SSSR count). The van der Waals surface area contributed by atoms with Gasteiger partial charge in [-0.05, 0) is 18.6 Å². The van der Waals surface area contributed by atoms with E-state index < -0.39 is 28.7 Å². The maximum atomic E-state index is 12.1. The number of hydrogen-bond acceptors (Lipinski definition) is 7. The SMILES string of the molecule is CC(=O)N(C1CC(c2ccco2)C(C#N)(C#N)C1(C#N)C#N)N(C)C. The van der Waals surface area contributed by atoms with Gasteiger partial charge in [-0.25, -0.2) is 5.01 Å². The predicted octanol–water partition coefficient (Wildman–Crippen LogP) is 1.53. The highest BCUT2D eigenvalue weighted by Gasteiger charge is 2.71. The fraction of sp³-hybridized carbons (Fsp3) is 0.471. The number of carbonyl (C=O) groups is 1. The number of furan rings is 1. The summed E-state index contributed by atoms with van der Waals surface area (Å²) >= 11 is 0. The molecule has 0 saturated heterocycles. The largest absolute Gasteiger partial charge is 0.469 e. The van der Waals surface area contributed by atoms with Gasteiger partial charge in [0, 0.05) is 21.0 Å². The van der Waals surface area contributed by atoms with E-state index in [2.05, 4.69) is 0 Å². The Kier molecular flexibility index (Phi) is 4.53. The van der Waals surface area contributed by atoms with E-state index in [-0.39, 0.29) is 6.42 Å². The van der Waals surface area contributed by atoms with Crippen LogP contribution in [0.2, 0.25) is 0 Å². The molecule has 1 heterocycles. The Morgan fingerprint density at radius 3 is 2.08 bits per heavy atom. The first kappa shape index (κ1) is 18.0. The van der Waals surface area contributed by atoms with Gasteiger partial charge in [-0.15, -0.1) is 0 Å². The van der Waals surface area contributed by atoms with Crippen molar-refractivity contribution >= 4 is 5.91 Å². The summed E-state index contributed by atoms with van der Waals surface area (Å²) < 4.78 is 5.37. The molecule has 1 aliphatic carbocycles. The third kappa shape index (κ3) is 2.24. The quantitative estimate of drug-likeness (QED) is 0.764. The first-order chi connectivity index (χ1) is 11.8. The first-order valence-corrected chi connectivity index (χ1v) is 7.50. The van der Waals surface area contributed by atoms with E-state index in [0.29, 0.717) is 5.76 Å². The zero-order chi connectivity index (χ0) is 18.8. The molecule has 2 unspecified atom stereocenters. The number of hydrazine groups is 1. The van der Waals surface area contributed by atoms with E-state index in [0.717, 1.165) is 0 Å². The van der Waals surface area contributed by atoms with Gasteiger partial charge in [0.05, 0.1) is 42.5 Å². The predicted molar refractivity (Wildman–Crippen MR) is 83.4 cm³/mol. The summed E-state index contributed by atoms with van der Waals surface area (Å²) in [5.74, 6) is -0.874. The lowest BCUT2D eigenvalue weighted by Crippen LogP contribution is -2.55. The molecule has 1 fully saturated rings. The van der Waals surface area contributed by atoms with Crippen molar-refractivity contribution in [3.63, 3.8) is 0 Å². The topological polar surface area (TPSA) is 132 Å². The molecule has 1 aromatic heterocycles. The fourth-order valence-electron chi connectivity index (χ4n) is 3.70. The van der Waals surface area contributed by atoms with Gasteiger partial charge in [0.25, 0.3) is 0 Å². The lowest BCUT2D eigenvalue weighted by atomic mass is 9.63. The van der Waals surface area contributed by atoms with Gasteiger partial charge in [0.15, 0.2) is 10.8 Å². The second-order valence-corrected chi connectivity index (χ2v) is 6.09. The second kappa shape index (κ2) is 6.29. The molecule has 1 amide bonds. The van der Waals surface area contributed by atoms with Crippen molar-refractivity contribution in [2.24, 2.45) is 10.8 Å². The highest BCUT2D eigenvalue weighted by molar-refractivity contribution is 5.73. The van der Waals surface area contributed by atoms with E-state index in [1.807, 2.05) is 24.3 Å². The van der Waals surface area contributed by atoms with Crippen LogP contribution in [0.4, 0.5) is 0 Å². The van der Waals surface area contributed by atoms with Crippen LogP contribution in [-0.2, 0) is 4.79 Å². The summed E-state index contributed by atoms with van der Waals surface area (Å²) in [5.41, 5.74) is -3.99. The number of amides is 1. The smallest absolute Gasteiger partial charge is 0.234 e. The molecular formula is C17H16N6O2. The fourth-order valence-corrected chi connectivity index (χ4v) is 3.70. The zero-order valence-electron chi connectivity index (χ0n) is 14.1. The highest BCUT2D eigenvalue weighted by Crippen LogP contribution is 2.61. The molecule has 1 saturated carbocycles. The first-order valence-electron chi connectivity index (χ1n) is 7.50. The summed E-state index contributed by atoms with van der Waals surface area (Å²) in [6.07, 6.45) is 1.48. The summed E-state index contributed by atoms with van der Waals surface area (Å²) in [6.45, 7) is 1.31. The van der Waals surface area contributed by atoms with Crippen LogP contribution >= 0.6 is 0 Å². The minimum atomic E-state index is -2.02. The van der Waals surface area contributed by atoms with Crippen LogP contribution in [0.15, 0.2) is 22.8 Å². The Bertz CT molecular complexity index is 802. The van der Waals surface area contributed by atoms with Gasteiger partial charge in [-0.3, -0.25) is 9.80 Å². The molecule has 0 aromatic carbocycles. The Morgan fingerprint density at radius 1 is 1.16 bits per heavy atom. The van der Waals surface area contributed by atoms with E-state index in [1.54, 1.807) is 26.2 Å². The average Bonchev–Trinajstić information content (AvgIpc) is 3.18. The van der Waals surface area contributed by atoms with Crippen LogP contribution in [0.25, 0.3) is 0 Å². The number of hydrogen-bond donors (Lipinski definition) is 0. The molecule has 25 heavy (non-hydrogen) atoms. The van der Waals surface area contributed by atoms with Crippen LogP contribution in [0.5, 0.6) is 0 Å². The molecule has 1 aliphatic rings. The van der Waals surface area contributed by atoms with Gasteiger partial charge in [-0.1, -0.05) is 0 Å². The van der Waals surface area contributed by atoms with Crippen LogP contribution in [0.1, 0.15) is 25.0 Å². The van der Waals surface area contributed by atoms with Crippen molar-refractivity contribution in [3.05, 3.63) is 24.2 Å². The number of nitriles is 4. The summed E-state index contributed by atoms with van der Waals surface area (Å²) in [5, 5.41) is 42.1. The van der Waals surface area contributed by atoms with E-state index in [1.165, 1.54) is 23.2 Å².